The second-order valence-corrected chi connectivity index (χ2v) is 11.2. The number of carbonyl (C=O) groups excluding carboxylic acids is 1. The highest BCUT2D eigenvalue weighted by atomic mass is 79.9. The number of benzene rings is 2. The van der Waals surface area contributed by atoms with Crippen LogP contribution in [0.2, 0.25) is 0 Å². The summed E-state index contributed by atoms with van der Waals surface area (Å²) in [5, 5.41) is 20.1. The van der Waals surface area contributed by atoms with Crippen molar-refractivity contribution in [2.45, 2.75) is 45.4 Å². The topological polar surface area (TPSA) is 107 Å². The van der Waals surface area contributed by atoms with Gasteiger partial charge < -0.3 is 9.84 Å². The Kier molecular flexibility index (Phi) is 8.52. The predicted octanol–water partition coefficient (Wildman–Crippen LogP) is 3.67. The molecular formula is C23H29BrN2O6S. The van der Waals surface area contributed by atoms with Crippen LogP contribution in [0.25, 0.3) is 0 Å². The van der Waals surface area contributed by atoms with E-state index in [1.54, 1.807) is 0 Å². The maximum Gasteiger partial charge on any atom is 0.233 e. The molecule has 0 aromatic heterocycles. The van der Waals surface area contributed by atoms with E-state index >= 15 is 0 Å². The van der Waals surface area contributed by atoms with E-state index in [2.05, 4.69) is 34.1 Å². The van der Waals surface area contributed by atoms with Gasteiger partial charge in [-0.25, -0.2) is 17.8 Å². The number of hydrogen-bond acceptors (Lipinski definition) is 6. The lowest BCUT2D eigenvalue weighted by Gasteiger charge is -2.33. The lowest BCUT2D eigenvalue weighted by molar-refractivity contribution is -0.159. The van der Waals surface area contributed by atoms with Gasteiger partial charge in [-0.1, -0.05) is 29.8 Å². The molecule has 1 aliphatic rings. The zero-order chi connectivity index (χ0) is 24.2. The largest absolute Gasteiger partial charge is 0.507 e. The van der Waals surface area contributed by atoms with Crippen LogP contribution in [0, 0.1) is 13.8 Å². The van der Waals surface area contributed by atoms with Crippen molar-refractivity contribution in [1.82, 2.24) is 9.37 Å². The third kappa shape index (κ3) is 6.54. The number of sulfonamides is 1. The first-order valence-electron chi connectivity index (χ1n) is 10.7. The Hall–Kier alpha value is -1.98. The number of amides is 1. The Labute approximate surface area is 202 Å². The van der Waals surface area contributed by atoms with Gasteiger partial charge in [0.2, 0.25) is 16.4 Å². The Morgan fingerprint density at radius 2 is 1.91 bits per heavy atom. The highest BCUT2D eigenvalue weighted by Crippen LogP contribution is 2.30. The first kappa shape index (κ1) is 25.6. The van der Waals surface area contributed by atoms with Gasteiger partial charge in [-0.05, 0) is 71.4 Å². The Balaban J connectivity index is 1.62. The van der Waals surface area contributed by atoms with Gasteiger partial charge in [0.1, 0.15) is 5.75 Å². The fourth-order valence-corrected chi connectivity index (χ4v) is 5.99. The van der Waals surface area contributed by atoms with E-state index in [4.69, 9.17) is 4.74 Å². The molecule has 2 aromatic rings. The molecule has 1 fully saturated rings. The average molecular weight is 541 g/mol. The summed E-state index contributed by atoms with van der Waals surface area (Å²) in [5.41, 5.74) is 3.84. The van der Waals surface area contributed by atoms with Gasteiger partial charge in [-0.2, -0.15) is 0 Å². The van der Waals surface area contributed by atoms with E-state index in [0.717, 1.165) is 11.1 Å². The zero-order valence-electron chi connectivity index (χ0n) is 18.6. The summed E-state index contributed by atoms with van der Waals surface area (Å²) in [6.07, 6.45) is 1.27. The lowest BCUT2D eigenvalue weighted by atomic mass is 10.1. The molecule has 0 bridgehead atoms. The molecule has 0 saturated carbocycles. The molecule has 1 atom stereocenters. The lowest BCUT2D eigenvalue weighted by Crippen LogP contribution is -2.44. The van der Waals surface area contributed by atoms with Gasteiger partial charge in [0.15, 0.2) is 0 Å². The van der Waals surface area contributed by atoms with Crippen molar-refractivity contribution in [2.24, 2.45) is 0 Å². The quantitative estimate of drug-likeness (QED) is 0.285. The van der Waals surface area contributed by atoms with Crippen molar-refractivity contribution in [3.05, 3.63) is 63.1 Å². The van der Waals surface area contributed by atoms with Crippen LogP contribution in [0.3, 0.4) is 0 Å². The predicted molar refractivity (Wildman–Crippen MR) is 127 cm³/mol. The summed E-state index contributed by atoms with van der Waals surface area (Å²) >= 11 is 3.18. The molecule has 10 heteroatoms. The molecule has 180 valence electrons. The van der Waals surface area contributed by atoms with Crippen LogP contribution in [0.4, 0.5) is 0 Å². The number of rotatable bonds is 9. The third-order valence-corrected chi connectivity index (χ3v) is 8.45. The van der Waals surface area contributed by atoms with Crippen LogP contribution >= 0.6 is 15.9 Å². The van der Waals surface area contributed by atoms with E-state index in [1.165, 1.54) is 28.1 Å². The van der Waals surface area contributed by atoms with Crippen molar-refractivity contribution >= 4 is 32.4 Å². The Bertz CT molecular complexity index is 1090. The normalized spacial score (nSPS) is 16.5. The number of aryl methyl sites for hydroxylation is 2. The van der Waals surface area contributed by atoms with Gasteiger partial charge in [0.25, 0.3) is 0 Å². The highest BCUT2D eigenvalue weighted by Gasteiger charge is 2.33. The third-order valence-electron chi connectivity index (χ3n) is 5.93. The monoisotopic (exact) mass is 540 g/mol. The molecule has 1 aliphatic heterocycles. The molecule has 33 heavy (non-hydrogen) atoms. The molecule has 0 aliphatic carbocycles. The molecule has 1 unspecified atom stereocenters. The number of hydrogen-bond donors (Lipinski definition) is 2. The minimum Gasteiger partial charge on any atom is -0.507 e. The molecule has 1 amide bonds. The number of halogens is 1. The summed E-state index contributed by atoms with van der Waals surface area (Å²) < 4.78 is 33.9. The summed E-state index contributed by atoms with van der Waals surface area (Å²) in [6, 6.07) is 9.44. The molecule has 1 heterocycles. The van der Waals surface area contributed by atoms with Crippen molar-refractivity contribution < 1.29 is 28.3 Å². The van der Waals surface area contributed by atoms with Crippen molar-refractivity contribution in [3.8, 4) is 5.75 Å². The smallest absolute Gasteiger partial charge is 0.233 e. The number of piperidine rings is 1. The first-order chi connectivity index (χ1) is 15.6. The molecule has 2 N–H and O–H groups in total. The second-order valence-electron chi connectivity index (χ2n) is 8.33. The molecule has 1 saturated heterocycles. The zero-order valence-corrected chi connectivity index (χ0v) is 21.0. The van der Waals surface area contributed by atoms with Crippen molar-refractivity contribution in [2.75, 3.05) is 18.8 Å². The number of aromatic hydroxyl groups is 1. The van der Waals surface area contributed by atoms with Crippen LogP contribution in [0.1, 0.15) is 41.1 Å². The Morgan fingerprint density at radius 1 is 1.21 bits per heavy atom. The van der Waals surface area contributed by atoms with Crippen LogP contribution in [0.15, 0.2) is 40.9 Å². The van der Waals surface area contributed by atoms with E-state index < -0.39 is 21.8 Å². The van der Waals surface area contributed by atoms with Crippen molar-refractivity contribution in [3.63, 3.8) is 0 Å². The molecule has 0 spiro atoms. The van der Waals surface area contributed by atoms with Gasteiger partial charge >= 0.3 is 0 Å². The fraction of sp³-hybridized carbons (Fsp3) is 0.435. The van der Waals surface area contributed by atoms with Gasteiger partial charge in [0, 0.05) is 13.1 Å². The van der Waals surface area contributed by atoms with Crippen LogP contribution in [-0.4, -0.2) is 59.5 Å². The summed E-state index contributed by atoms with van der Waals surface area (Å²) in [4.78, 5) is 11.2. The number of hydroxylamine groups is 2. The van der Waals surface area contributed by atoms with Crippen molar-refractivity contribution in [1.29, 1.82) is 0 Å². The number of carbonyl (C=O) groups is 1. The summed E-state index contributed by atoms with van der Waals surface area (Å²) in [5.74, 6) is -0.508. The molecule has 0 radical (unpaired) electrons. The fourth-order valence-electron chi connectivity index (χ4n) is 3.87. The molecule has 2 aromatic carbocycles. The molecule has 3 rings (SSSR count). The Morgan fingerprint density at radius 3 is 2.55 bits per heavy atom. The van der Waals surface area contributed by atoms with Gasteiger partial charge in [-0.3, -0.25) is 10.0 Å². The molecular weight excluding hydrogens is 512 g/mol. The molecule has 8 nitrogen and oxygen atoms in total. The SMILES string of the molecule is Cc1ccc(C)c(COC2CCN(S(=O)(=O)CC(c3ccc(O)c(Br)c3)N(O)C=O)CC2)c1. The summed E-state index contributed by atoms with van der Waals surface area (Å²) in [6.45, 7) is 5.17. The van der Waals surface area contributed by atoms with Crippen LogP contribution < -0.4 is 0 Å². The van der Waals surface area contributed by atoms with Crippen LogP contribution in [0.5, 0.6) is 5.75 Å². The average Bonchev–Trinajstić information content (AvgIpc) is 2.79. The maximum absolute atomic E-state index is 13.1. The van der Waals surface area contributed by atoms with Gasteiger partial charge in [-0.15, -0.1) is 0 Å². The number of nitrogens with zero attached hydrogens (tertiary/aromatic N) is 2. The van der Waals surface area contributed by atoms with Gasteiger partial charge in [0.05, 0.1) is 29.0 Å². The minimum atomic E-state index is -3.77. The van der Waals surface area contributed by atoms with E-state index in [0.29, 0.717) is 47.6 Å². The standard InChI is InChI=1S/C23H29BrN2O6S/c1-16-3-4-17(2)19(11-16)13-32-20-7-9-25(10-8-20)33(30,31)14-22(26(29)15-27)18-5-6-23(28)21(24)12-18/h3-6,11-12,15,20,22,28-29H,7-10,13-14H2,1-2H3. The highest BCUT2D eigenvalue weighted by molar-refractivity contribution is 9.10. The number of ether oxygens (including phenoxy) is 1. The van der Waals surface area contributed by atoms with E-state index in [9.17, 15) is 23.5 Å². The number of phenolic OH excluding ortho intramolecular Hbond substituents is 1. The van der Waals surface area contributed by atoms with E-state index in [-0.39, 0.29) is 18.3 Å². The maximum atomic E-state index is 13.1. The van der Waals surface area contributed by atoms with Crippen LogP contribution in [-0.2, 0) is 26.2 Å². The first-order valence-corrected chi connectivity index (χ1v) is 13.1. The van der Waals surface area contributed by atoms with E-state index in [1.807, 2.05) is 13.8 Å². The minimum absolute atomic E-state index is 0.0288. The summed E-state index contributed by atoms with van der Waals surface area (Å²) in [7, 11) is -3.77. The number of phenols is 1. The second kappa shape index (κ2) is 11.0.